The van der Waals surface area contributed by atoms with Crippen molar-refractivity contribution in [3.8, 4) is 0 Å². The third kappa shape index (κ3) is 3.11. The Morgan fingerprint density at radius 2 is 1.33 bits per heavy atom. The Kier molecular flexibility index (Phi) is 4.48. The van der Waals surface area contributed by atoms with E-state index in [1.165, 1.54) is 4.90 Å². The number of anilines is 1. The topological polar surface area (TPSA) is 62.1 Å². The molecular formula is C24H14BrN3O2. The zero-order valence-corrected chi connectivity index (χ0v) is 17.2. The summed E-state index contributed by atoms with van der Waals surface area (Å²) in [6.07, 6.45) is 0. The van der Waals surface area contributed by atoms with Gasteiger partial charge in [0.25, 0.3) is 11.8 Å². The second-order valence-electron chi connectivity index (χ2n) is 6.85. The lowest BCUT2D eigenvalue weighted by Gasteiger charge is -2.27. The first-order valence-electron chi connectivity index (χ1n) is 9.30. The maximum atomic E-state index is 13.2. The highest BCUT2D eigenvalue weighted by molar-refractivity contribution is 9.10. The van der Waals surface area contributed by atoms with Crippen molar-refractivity contribution in [2.75, 3.05) is 4.90 Å². The molecule has 0 aliphatic carbocycles. The fourth-order valence-electron chi connectivity index (χ4n) is 3.58. The van der Waals surface area contributed by atoms with E-state index in [1.807, 2.05) is 48.5 Å². The van der Waals surface area contributed by atoms with Crippen molar-refractivity contribution in [2.24, 2.45) is 10.2 Å². The van der Waals surface area contributed by atoms with Gasteiger partial charge in [-0.3, -0.25) is 9.59 Å². The van der Waals surface area contributed by atoms with Crippen LogP contribution >= 0.6 is 15.9 Å². The summed E-state index contributed by atoms with van der Waals surface area (Å²) in [6, 6.07) is 25.4. The minimum atomic E-state index is -0.344. The summed E-state index contributed by atoms with van der Waals surface area (Å²) in [5, 5.41) is 9.95. The van der Waals surface area contributed by atoms with E-state index in [0.717, 1.165) is 15.5 Å². The molecule has 30 heavy (non-hydrogen) atoms. The second-order valence-corrected chi connectivity index (χ2v) is 7.77. The fourth-order valence-corrected chi connectivity index (χ4v) is 4.06. The van der Waals surface area contributed by atoms with Crippen LogP contribution < -0.4 is 4.90 Å². The molecule has 0 unspecified atom stereocenters. The van der Waals surface area contributed by atoms with Crippen LogP contribution in [-0.4, -0.2) is 11.8 Å². The number of carbonyl (C=O) groups is 2. The molecule has 0 radical (unpaired) electrons. The van der Waals surface area contributed by atoms with Gasteiger partial charge in [-0.1, -0.05) is 46.3 Å². The normalized spacial score (nSPS) is 13.4. The fraction of sp³-hybridized carbons (Fsp3) is 0. The molecule has 6 heteroatoms. The lowest BCUT2D eigenvalue weighted by Crippen LogP contribution is -2.40. The molecule has 5 rings (SSSR count). The first-order chi connectivity index (χ1) is 14.6. The molecule has 4 aromatic rings. The van der Waals surface area contributed by atoms with Crippen LogP contribution in [0, 0.1) is 0 Å². The van der Waals surface area contributed by atoms with E-state index in [2.05, 4.69) is 26.2 Å². The van der Waals surface area contributed by atoms with Gasteiger partial charge in [-0.25, -0.2) is 4.90 Å². The Bertz CT molecular complexity index is 1330. The highest BCUT2D eigenvalue weighted by Gasteiger charge is 2.34. The lowest BCUT2D eigenvalue weighted by molar-refractivity contribution is 0.0893. The van der Waals surface area contributed by atoms with E-state index in [0.29, 0.717) is 27.9 Å². The maximum Gasteiger partial charge on any atom is 0.266 e. The van der Waals surface area contributed by atoms with Crippen molar-refractivity contribution in [1.82, 2.24) is 0 Å². The molecule has 144 valence electrons. The summed E-state index contributed by atoms with van der Waals surface area (Å²) in [7, 11) is 0. The van der Waals surface area contributed by atoms with E-state index >= 15 is 0 Å². The standard InChI is InChI=1S/C24H14BrN3O2/c25-16-13-15-5-4-8-20-22(15)21(14-16)24(30)28(23(20)29)19-11-9-18(10-12-19)27-26-17-6-2-1-3-7-17/h1-14H. The van der Waals surface area contributed by atoms with Crippen LogP contribution in [0.15, 0.2) is 99.6 Å². The SMILES string of the molecule is O=C1c2cccc3cc(Br)cc(c23)C(=O)N1c1ccc(N=Nc2ccccc2)cc1. The van der Waals surface area contributed by atoms with E-state index in [9.17, 15) is 9.59 Å². The molecule has 2 amide bonds. The van der Waals surface area contributed by atoms with E-state index in [-0.39, 0.29) is 11.8 Å². The summed E-state index contributed by atoms with van der Waals surface area (Å²) < 4.78 is 0.793. The first-order valence-corrected chi connectivity index (χ1v) is 10.1. The molecule has 4 aromatic carbocycles. The number of hydrogen-bond acceptors (Lipinski definition) is 4. The van der Waals surface area contributed by atoms with E-state index in [1.54, 1.807) is 36.4 Å². The number of azo groups is 1. The molecule has 5 nitrogen and oxygen atoms in total. The molecule has 1 heterocycles. The van der Waals surface area contributed by atoms with Crippen molar-refractivity contribution in [2.45, 2.75) is 0 Å². The predicted octanol–water partition coefficient (Wildman–Crippen LogP) is 6.82. The average Bonchev–Trinajstić information content (AvgIpc) is 2.77. The summed E-state index contributed by atoms with van der Waals surface area (Å²) in [5.74, 6) is -0.678. The highest BCUT2D eigenvalue weighted by Crippen LogP contribution is 2.35. The molecule has 0 saturated carbocycles. The number of rotatable bonds is 3. The van der Waals surface area contributed by atoms with Crippen LogP contribution in [0.3, 0.4) is 0 Å². The minimum Gasteiger partial charge on any atom is -0.268 e. The molecule has 1 aliphatic rings. The van der Waals surface area contributed by atoms with Gasteiger partial charge in [-0.15, -0.1) is 0 Å². The summed E-state index contributed by atoms with van der Waals surface area (Å²) in [5.41, 5.74) is 2.89. The van der Waals surface area contributed by atoms with Crippen LogP contribution in [0.25, 0.3) is 10.8 Å². The second kappa shape index (κ2) is 7.31. The van der Waals surface area contributed by atoms with Crippen molar-refractivity contribution in [3.05, 3.63) is 101 Å². The number of imide groups is 1. The van der Waals surface area contributed by atoms with Crippen molar-refractivity contribution in [1.29, 1.82) is 0 Å². The zero-order valence-electron chi connectivity index (χ0n) is 15.6. The smallest absolute Gasteiger partial charge is 0.266 e. The molecular weight excluding hydrogens is 442 g/mol. The van der Waals surface area contributed by atoms with Gasteiger partial charge in [-0.2, -0.15) is 10.2 Å². The van der Waals surface area contributed by atoms with Gasteiger partial charge in [-0.05, 0) is 60.0 Å². The summed E-state index contributed by atoms with van der Waals surface area (Å²) in [4.78, 5) is 27.6. The monoisotopic (exact) mass is 455 g/mol. The molecule has 0 atom stereocenters. The van der Waals surface area contributed by atoms with Crippen LogP contribution in [0.2, 0.25) is 0 Å². The molecule has 1 aliphatic heterocycles. The number of amides is 2. The summed E-state index contributed by atoms with van der Waals surface area (Å²) in [6.45, 7) is 0. The molecule has 0 aromatic heterocycles. The van der Waals surface area contributed by atoms with Gasteiger partial charge in [0.05, 0.1) is 22.6 Å². The van der Waals surface area contributed by atoms with E-state index in [4.69, 9.17) is 0 Å². The average molecular weight is 456 g/mol. The Morgan fingerprint density at radius 3 is 2.07 bits per heavy atom. The number of nitrogens with zero attached hydrogens (tertiary/aromatic N) is 3. The van der Waals surface area contributed by atoms with Crippen LogP contribution in [0.1, 0.15) is 20.7 Å². The largest absolute Gasteiger partial charge is 0.268 e. The zero-order chi connectivity index (χ0) is 20.7. The number of halogens is 1. The third-order valence-corrected chi connectivity index (χ3v) is 5.41. The van der Waals surface area contributed by atoms with Gasteiger partial charge < -0.3 is 0 Å². The van der Waals surface area contributed by atoms with Gasteiger partial charge >= 0.3 is 0 Å². The first kappa shape index (κ1) is 18.4. The molecule has 0 saturated heterocycles. The number of carbonyl (C=O) groups excluding carboxylic acids is 2. The minimum absolute atomic E-state index is 0.334. The third-order valence-electron chi connectivity index (χ3n) is 4.95. The van der Waals surface area contributed by atoms with Gasteiger partial charge in [0.15, 0.2) is 0 Å². The summed E-state index contributed by atoms with van der Waals surface area (Å²) >= 11 is 3.46. The van der Waals surface area contributed by atoms with Crippen LogP contribution in [-0.2, 0) is 0 Å². The van der Waals surface area contributed by atoms with Crippen LogP contribution in [0.4, 0.5) is 17.1 Å². The van der Waals surface area contributed by atoms with Crippen molar-refractivity contribution in [3.63, 3.8) is 0 Å². The Hall–Kier alpha value is -3.64. The lowest BCUT2D eigenvalue weighted by atomic mass is 9.94. The van der Waals surface area contributed by atoms with Gasteiger partial charge in [0.2, 0.25) is 0 Å². The molecule has 0 fully saturated rings. The Balaban J connectivity index is 1.51. The van der Waals surface area contributed by atoms with Crippen molar-refractivity contribution < 1.29 is 9.59 Å². The van der Waals surface area contributed by atoms with Gasteiger partial charge in [0.1, 0.15) is 0 Å². The Labute approximate surface area is 180 Å². The maximum absolute atomic E-state index is 13.2. The number of benzene rings is 4. The molecule has 0 N–H and O–H groups in total. The van der Waals surface area contributed by atoms with Crippen LogP contribution in [0.5, 0.6) is 0 Å². The predicted molar refractivity (Wildman–Crippen MR) is 120 cm³/mol. The Morgan fingerprint density at radius 1 is 0.667 bits per heavy atom. The molecule has 0 bridgehead atoms. The molecule has 0 spiro atoms. The van der Waals surface area contributed by atoms with Crippen molar-refractivity contribution >= 4 is 55.6 Å². The highest BCUT2D eigenvalue weighted by atomic mass is 79.9. The quantitative estimate of drug-likeness (QED) is 0.251. The van der Waals surface area contributed by atoms with Gasteiger partial charge in [0, 0.05) is 15.4 Å². The van der Waals surface area contributed by atoms with E-state index < -0.39 is 0 Å². The number of hydrogen-bond donors (Lipinski definition) is 0.